The van der Waals surface area contributed by atoms with Crippen LogP contribution in [0.25, 0.3) is 0 Å². The van der Waals surface area contributed by atoms with Crippen molar-refractivity contribution in [1.29, 1.82) is 0 Å². The number of aliphatic hydroxyl groups is 1. The summed E-state index contributed by atoms with van der Waals surface area (Å²) in [6.45, 7) is 2.10. The van der Waals surface area contributed by atoms with Crippen LogP contribution < -0.4 is 4.74 Å². The van der Waals surface area contributed by atoms with E-state index in [1.807, 2.05) is 6.07 Å². The van der Waals surface area contributed by atoms with Gasteiger partial charge in [0.25, 0.3) is 0 Å². The average molecular weight is 315 g/mol. The van der Waals surface area contributed by atoms with Gasteiger partial charge in [-0.15, -0.1) is 0 Å². The van der Waals surface area contributed by atoms with Gasteiger partial charge in [-0.1, -0.05) is 6.07 Å². The Morgan fingerprint density at radius 2 is 2.17 bits per heavy atom. The molecule has 6 heteroatoms. The molecule has 122 valence electrons. The predicted molar refractivity (Wildman–Crippen MR) is 85.2 cm³/mol. The molecule has 2 aromatic rings. The highest BCUT2D eigenvalue weighted by Gasteiger charge is 2.31. The molecule has 0 saturated carbocycles. The van der Waals surface area contributed by atoms with Gasteiger partial charge in [0.2, 0.25) is 0 Å². The monoisotopic (exact) mass is 315 g/mol. The smallest absolute Gasteiger partial charge is 0.160 e. The molecule has 1 aliphatic rings. The van der Waals surface area contributed by atoms with Gasteiger partial charge in [-0.25, -0.2) is 0 Å². The van der Waals surface area contributed by atoms with E-state index in [0.717, 1.165) is 24.2 Å². The number of aromatic nitrogens is 2. The number of aromatic hydroxyl groups is 1. The molecule has 6 nitrogen and oxygen atoms in total. The summed E-state index contributed by atoms with van der Waals surface area (Å²) < 4.78 is 5.05. The largest absolute Gasteiger partial charge is 0.504 e. The van der Waals surface area contributed by atoms with Crippen LogP contribution in [0.15, 0.2) is 36.8 Å². The minimum absolute atomic E-state index is 0.140. The molecular weight excluding hydrogens is 294 g/mol. The normalized spacial score (nSPS) is 21.5. The van der Waals surface area contributed by atoms with Gasteiger partial charge in [-0.3, -0.25) is 14.9 Å². The SMILES string of the molecule is COc1ccc(CN2C[C@@H](Cc3cnccn3)[C@H](O)C2)cc1O. The fraction of sp³-hybridized carbons (Fsp3) is 0.412. The maximum atomic E-state index is 10.3. The van der Waals surface area contributed by atoms with Gasteiger partial charge in [-0.05, 0) is 24.1 Å². The lowest BCUT2D eigenvalue weighted by molar-refractivity contribution is 0.140. The van der Waals surface area contributed by atoms with E-state index in [1.54, 1.807) is 30.7 Å². The molecule has 0 aliphatic carbocycles. The lowest BCUT2D eigenvalue weighted by Gasteiger charge is -2.16. The Kier molecular flexibility index (Phi) is 4.73. The standard InChI is InChI=1S/C17H21N3O3/c1-23-17-3-2-12(6-15(17)21)9-20-10-13(16(22)11-20)7-14-8-18-4-5-19-14/h2-6,8,13,16,21-22H,7,9-11H2,1H3/t13-,16-/m1/s1. The zero-order valence-corrected chi connectivity index (χ0v) is 13.1. The predicted octanol–water partition coefficient (Wildman–Crippen LogP) is 1.23. The van der Waals surface area contributed by atoms with Gasteiger partial charge in [0.1, 0.15) is 0 Å². The molecule has 2 atom stereocenters. The third-order valence-corrected chi connectivity index (χ3v) is 4.22. The van der Waals surface area contributed by atoms with Crippen molar-refractivity contribution in [3.63, 3.8) is 0 Å². The fourth-order valence-electron chi connectivity index (χ4n) is 3.07. The van der Waals surface area contributed by atoms with Crippen molar-refractivity contribution in [3.05, 3.63) is 48.0 Å². The van der Waals surface area contributed by atoms with Gasteiger partial charge in [0, 0.05) is 44.1 Å². The highest BCUT2D eigenvalue weighted by atomic mass is 16.5. The van der Waals surface area contributed by atoms with E-state index in [9.17, 15) is 10.2 Å². The number of hydrogen-bond acceptors (Lipinski definition) is 6. The Labute approximate surface area is 135 Å². The van der Waals surface area contributed by atoms with Crippen LogP contribution in [-0.4, -0.2) is 51.4 Å². The maximum absolute atomic E-state index is 10.3. The Hall–Kier alpha value is -2.18. The second kappa shape index (κ2) is 6.93. The van der Waals surface area contributed by atoms with Gasteiger partial charge >= 0.3 is 0 Å². The number of benzene rings is 1. The van der Waals surface area contributed by atoms with Crippen LogP contribution in [0.2, 0.25) is 0 Å². The van der Waals surface area contributed by atoms with Crippen LogP contribution >= 0.6 is 0 Å². The van der Waals surface area contributed by atoms with Crippen molar-refractivity contribution < 1.29 is 14.9 Å². The highest BCUT2D eigenvalue weighted by molar-refractivity contribution is 5.41. The van der Waals surface area contributed by atoms with Crippen LogP contribution in [0.1, 0.15) is 11.3 Å². The van der Waals surface area contributed by atoms with E-state index >= 15 is 0 Å². The Morgan fingerprint density at radius 1 is 1.30 bits per heavy atom. The lowest BCUT2D eigenvalue weighted by atomic mass is 10.0. The fourth-order valence-corrected chi connectivity index (χ4v) is 3.07. The molecule has 2 heterocycles. The number of ether oxygens (including phenoxy) is 1. The van der Waals surface area contributed by atoms with Gasteiger partial charge in [0.15, 0.2) is 11.5 Å². The molecule has 2 N–H and O–H groups in total. The zero-order chi connectivity index (χ0) is 16.2. The molecule has 3 rings (SSSR count). The third kappa shape index (κ3) is 3.78. The Balaban J connectivity index is 1.61. The molecule has 1 aromatic carbocycles. The number of aliphatic hydroxyl groups excluding tert-OH is 1. The van der Waals surface area contributed by atoms with Crippen LogP contribution in [0.5, 0.6) is 11.5 Å². The summed E-state index contributed by atoms with van der Waals surface area (Å²) in [6, 6.07) is 5.40. The zero-order valence-electron chi connectivity index (χ0n) is 13.1. The number of nitrogens with zero attached hydrogens (tertiary/aromatic N) is 3. The van der Waals surface area contributed by atoms with Crippen molar-refractivity contribution in [2.24, 2.45) is 5.92 Å². The molecule has 0 amide bonds. The van der Waals surface area contributed by atoms with E-state index in [0.29, 0.717) is 18.8 Å². The number of methoxy groups -OCH3 is 1. The van der Waals surface area contributed by atoms with Crippen LogP contribution in [0, 0.1) is 5.92 Å². The molecular formula is C17H21N3O3. The summed E-state index contributed by atoms with van der Waals surface area (Å²) in [5.74, 6) is 0.759. The van der Waals surface area contributed by atoms with Gasteiger partial charge in [-0.2, -0.15) is 0 Å². The summed E-state index contributed by atoms with van der Waals surface area (Å²) in [5.41, 5.74) is 1.90. The summed E-state index contributed by atoms with van der Waals surface area (Å²) in [5, 5.41) is 20.1. The number of phenolic OH excluding ortho intramolecular Hbond substituents is 1. The first kappa shape index (κ1) is 15.7. The Morgan fingerprint density at radius 3 is 2.87 bits per heavy atom. The van der Waals surface area contributed by atoms with E-state index in [-0.39, 0.29) is 17.8 Å². The van der Waals surface area contributed by atoms with E-state index in [1.165, 1.54) is 7.11 Å². The lowest BCUT2D eigenvalue weighted by Crippen LogP contribution is -2.21. The van der Waals surface area contributed by atoms with Gasteiger partial charge in [0.05, 0.1) is 18.9 Å². The number of rotatable bonds is 5. The quantitative estimate of drug-likeness (QED) is 0.864. The van der Waals surface area contributed by atoms with E-state index in [4.69, 9.17) is 4.74 Å². The van der Waals surface area contributed by atoms with Crippen LogP contribution in [0.3, 0.4) is 0 Å². The minimum Gasteiger partial charge on any atom is -0.504 e. The molecule has 0 bridgehead atoms. The van der Waals surface area contributed by atoms with Gasteiger partial charge < -0.3 is 14.9 Å². The summed E-state index contributed by atoms with van der Waals surface area (Å²) in [7, 11) is 1.53. The molecule has 0 spiro atoms. The molecule has 0 unspecified atom stereocenters. The molecule has 0 radical (unpaired) electrons. The first-order valence-electron chi connectivity index (χ1n) is 7.67. The van der Waals surface area contributed by atoms with Crippen molar-refractivity contribution >= 4 is 0 Å². The van der Waals surface area contributed by atoms with E-state index < -0.39 is 0 Å². The maximum Gasteiger partial charge on any atom is 0.160 e. The first-order valence-corrected chi connectivity index (χ1v) is 7.67. The molecule has 1 fully saturated rings. The highest BCUT2D eigenvalue weighted by Crippen LogP contribution is 2.28. The number of hydrogen-bond donors (Lipinski definition) is 2. The number of likely N-dealkylation sites (tertiary alicyclic amines) is 1. The van der Waals surface area contributed by atoms with Crippen molar-refractivity contribution in [2.75, 3.05) is 20.2 Å². The summed E-state index contributed by atoms with van der Waals surface area (Å²) in [6.07, 6.45) is 5.42. The second-order valence-corrected chi connectivity index (χ2v) is 5.93. The average Bonchev–Trinajstić information content (AvgIpc) is 2.88. The Bertz CT molecular complexity index is 651. The van der Waals surface area contributed by atoms with E-state index in [2.05, 4.69) is 14.9 Å². The summed E-state index contributed by atoms with van der Waals surface area (Å²) in [4.78, 5) is 10.5. The molecule has 23 heavy (non-hydrogen) atoms. The van der Waals surface area contributed by atoms with Crippen molar-refractivity contribution in [2.45, 2.75) is 19.1 Å². The molecule has 1 aliphatic heterocycles. The van der Waals surface area contributed by atoms with Crippen LogP contribution in [-0.2, 0) is 13.0 Å². The number of β-amino-alcohol motifs (C(OH)–C–C–N with tert-alkyl or cyclic N) is 1. The minimum atomic E-state index is -0.371. The molecule has 1 saturated heterocycles. The molecule has 1 aromatic heterocycles. The second-order valence-electron chi connectivity index (χ2n) is 5.93. The summed E-state index contributed by atoms with van der Waals surface area (Å²) >= 11 is 0. The number of phenols is 1. The van der Waals surface area contributed by atoms with Crippen molar-refractivity contribution in [1.82, 2.24) is 14.9 Å². The van der Waals surface area contributed by atoms with Crippen molar-refractivity contribution in [3.8, 4) is 11.5 Å². The first-order chi connectivity index (χ1) is 11.2. The van der Waals surface area contributed by atoms with Crippen LogP contribution in [0.4, 0.5) is 0 Å². The third-order valence-electron chi connectivity index (χ3n) is 4.22. The topological polar surface area (TPSA) is 78.7 Å².